The maximum atomic E-state index is 13.6. The van der Waals surface area contributed by atoms with Crippen molar-refractivity contribution in [2.45, 2.75) is 24.2 Å². The van der Waals surface area contributed by atoms with E-state index in [1.54, 1.807) is 30.8 Å². The number of hydrogen-bond donors (Lipinski definition) is 0. The largest absolute Gasteiger partial charge is 0.471 e. The monoisotopic (exact) mass is 348 g/mol. The molecule has 4 rings (SSSR count). The Balaban J connectivity index is 1.36. The van der Waals surface area contributed by atoms with E-state index >= 15 is 0 Å². The van der Waals surface area contributed by atoms with Crippen molar-refractivity contribution in [2.24, 2.45) is 0 Å². The molecule has 2 aromatic heterocycles. The number of rotatable bonds is 3. The number of carbonyl (C=O) groups excluding carboxylic acids is 1. The van der Waals surface area contributed by atoms with E-state index in [9.17, 15) is 9.18 Å². The van der Waals surface area contributed by atoms with Gasteiger partial charge in [-0.25, -0.2) is 9.37 Å². The van der Waals surface area contributed by atoms with Gasteiger partial charge in [0.1, 0.15) is 11.9 Å². The summed E-state index contributed by atoms with van der Waals surface area (Å²) in [5, 5.41) is 0. The molecule has 0 radical (unpaired) electrons. The van der Waals surface area contributed by atoms with Gasteiger partial charge in [0.2, 0.25) is 0 Å². The Morgan fingerprint density at radius 2 is 2.33 bits per heavy atom. The van der Waals surface area contributed by atoms with Crippen LogP contribution in [0.2, 0.25) is 0 Å². The Morgan fingerprint density at radius 1 is 1.50 bits per heavy atom. The third-order valence-corrected chi connectivity index (χ3v) is 6.09. The van der Waals surface area contributed by atoms with E-state index in [1.807, 2.05) is 4.90 Å². The Labute approximate surface area is 143 Å². The van der Waals surface area contributed by atoms with Gasteiger partial charge in [-0.2, -0.15) is 0 Å². The highest BCUT2D eigenvalue weighted by Gasteiger charge is 2.51. The van der Waals surface area contributed by atoms with E-state index in [4.69, 9.17) is 9.15 Å². The fourth-order valence-electron chi connectivity index (χ4n) is 3.28. The fourth-order valence-corrected chi connectivity index (χ4v) is 4.81. The number of aryl methyl sites for hydroxylation is 1. The van der Waals surface area contributed by atoms with Crippen LogP contribution in [0.1, 0.15) is 22.5 Å². The molecule has 1 amide bonds. The number of nitrogens with zero attached hydrogens (tertiary/aromatic N) is 2. The number of hydrogen-bond acceptors (Lipinski definition) is 5. The van der Waals surface area contributed by atoms with Gasteiger partial charge < -0.3 is 14.1 Å². The van der Waals surface area contributed by atoms with Gasteiger partial charge in [-0.15, -0.1) is 11.8 Å². The Kier molecular flexibility index (Phi) is 3.75. The summed E-state index contributed by atoms with van der Waals surface area (Å²) in [5.41, 5.74) is 0.621. The van der Waals surface area contributed by atoms with Crippen LogP contribution in [0.3, 0.4) is 0 Å². The summed E-state index contributed by atoms with van der Waals surface area (Å²) in [6.07, 6.45) is 3.77. The molecule has 0 aliphatic carbocycles. The second-order valence-corrected chi connectivity index (χ2v) is 7.77. The molecule has 24 heavy (non-hydrogen) atoms. The van der Waals surface area contributed by atoms with E-state index in [2.05, 4.69) is 4.98 Å². The van der Waals surface area contributed by atoms with Crippen LogP contribution in [0, 0.1) is 12.7 Å². The average molecular weight is 348 g/mol. The summed E-state index contributed by atoms with van der Waals surface area (Å²) >= 11 is 1.79. The number of thioether (sulfide) groups is 1. The minimum absolute atomic E-state index is 0.00705. The van der Waals surface area contributed by atoms with Gasteiger partial charge in [0.25, 0.3) is 11.8 Å². The molecule has 7 heteroatoms. The highest BCUT2D eigenvalue weighted by atomic mass is 32.2. The molecule has 2 saturated heterocycles. The molecule has 2 aromatic rings. The van der Waals surface area contributed by atoms with Crippen molar-refractivity contribution in [2.75, 3.05) is 18.8 Å². The summed E-state index contributed by atoms with van der Waals surface area (Å²) in [5.74, 6) is 1.05. The molecule has 0 saturated carbocycles. The Hall–Kier alpha value is -2.02. The predicted octanol–water partition coefficient (Wildman–Crippen LogP) is 2.90. The molecule has 0 unspecified atom stereocenters. The van der Waals surface area contributed by atoms with E-state index in [0.29, 0.717) is 24.4 Å². The van der Waals surface area contributed by atoms with Gasteiger partial charge >= 0.3 is 0 Å². The molecule has 0 aromatic carbocycles. The van der Waals surface area contributed by atoms with Crippen LogP contribution in [0.15, 0.2) is 35.1 Å². The first-order valence-corrected chi connectivity index (χ1v) is 8.79. The smallest absolute Gasteiger partial charge is 0.257 e. The first-order valence-electron chi connectivity index (χ1n) is 7.81. The fraction of sp³-hybridized carbons (Fsp3) is 0.412. The van der Waals surface area contributed by atoms with Crippen LogP contribution in [0.25, 0.3) is 0 Å². The molecule has 2 aliphatic rings. The summed E-state index contributed by atoms with van der Waals surface area (Å²) in [6, 6.07) is 4.60. The van der Waals surface area contributed by atoms with Gasteiger partial charge in [0.05, 0.1) is 16.6 Å². The third-order valence-electron chi connectivity index (χ3n) is 4.51. The molecule has 4 heterocycles. The molecule has 2 fully saturated rings. The molecule has 0 bridgehead atoms. The lowest BCUT2D eigenvalue weighted by Crippen LogP contribution is -2.60. The van der Waals surface area contributed by atoms with Crippen molar-refractivity contribution >= 4 is 17.7 Å². The van der Waals surface area contributed by atoms with E-state index in [-0.39, 0.29) is 22.6 Å². The Bertz CT molecular complexity index is 773. The maximum Gasteiger partial charge on any atom is 0.257 e. The van der Waals surface area contributed by atoms with Gasteiger partial charge in [-0.05, 0) is 25.1 Å². The van der Waals surface area contributed by atoms with Crippen LogP contribution in [0.4, 0.5) is 4.39 Å². The number of ether oxygens (including phenoxy) is 1. The molecule has 1 spiro atoms. The number of halogens is 1. The summed E-state index contributed by atoms with van der Waals surface area (Å²) in [6.45, 7) is 3.16. The zero-order valence-electron chi connectivity index (χ0n) is 13.2. The van der Waals surface area contributed by atoms with Crippen LogP contribution in [-0.4, -0.2) is 45.5 Å². The lowest BCUT2D eigenvalue weighted by Gasteiger charge is -2.47. The Morgan fingerprint density at radius 3 is 3.04 bits per heavy atom. The second-order valence-electron chi connectivity index (χ2n) is 6.28. The van der Waals surface area contributed by atoms with Crippen molar-refractivity contribution in [3.05, 3.63) is 47.8 Å². The van der Waals surface area contributed by atoms with Gasteiger partial charge in [-0.3, -0.25) is 4.79 Å². The number of carbonyl (C=O) groups is 1. The number of aromatic nitrogens is 1. The average Bonchev–Trinajstić information content (AvgIpc) is 3.14. The van der Waals surface area contributed by atoms with Crippen molar-refractivity contribution in [1.82, 2.24) is 9.88 Å². The standard InChI is InChI=1S/C17H17FN2O3S/c1-11-13(4-6-22-11)16(21)20-9-17(10-20)7-12(8-24-17)23-15-14(18)3-2-5-19-15/h2-6,12H,7-10H2,1H3/t12-/m1/s1. The first-order chi connectivity index (χ1) is 11.6. The molecule has 2 aliphatic heterocycles. The lowest BCUT2D eigenvalue weighted by molar-refractivity contribution is 0.0512. The molecule has 5 nitrogen and oxygen atoms in total. The lowest BCUT2D eigenvalue weighted by atomic mass is 9.92. The number of likely N-dealkylation sites (tertiary alicyclic amines) is 1. The first kappa shape index (κ1) is 15.5. The van der Waals surface area contributed by atoms with Crippen molar-refractivity contribution in [3.8, 4) is 5.88 Å². The van der Waals surface area contributed by atoms with Gasteiger partial charge in [0.15, 0.2) is 5.82 Å². The minimum Gasteiger partial charge on any atom is -0.471 e. The zero-order valence-corrected chi connectivity index (χ0v) is 14.0. The molecular weight excluding hydrogens is 331 g/mol. The highest BCUT2D eigenvalue weighted by Crippen LogP contribution is 2.46. The summed E-state index contributed by atoms with van der Waals surface area (Å²) in [7, 11) is 0. The van der Waals surface area contributed by atoms with E-state index in [1.165, 1.54) is 18.5 Å². The van der Waals surface area contributed by atoms with Gasteiger partial charge in [0, 0.05) is 31.5 Å². The SMILES string of the molecule is Cc1occc1C(=O)N1CC2(C[C@@H](Oc3ncccc3F)CS2)C1. The highest BCUT2D eigenvalue weighted by molar-refractivity contribution is 8.01. The number of pyridine rings is 1. The van der Waals surface area contributed by atoms with Crippen LogP contribution in [0.5, 0.6) is 5.88 Å². The summed E-state index contributed by atoms with van der Waals surface area (Å²) in [4.78, 5) is 18.2. The van der Waals surface area contributed by atoms with Crippen molar-refractivity contribution in [3.63, 3.8) is 0 Å². The summed E-state index contributed by atoms with van der Waals surface area (Å²) < 4.78 is 24.6. The number of amides is 1. The normalized spacial score (nSPS) is 21.8. The zero-order chi connectivity index (χ0) is 16.7. The van der Waals surface area contributed by atoms with E-state index < -0.39 is 5.82 Å². The van der Waals surface area contributed by atoms with Crippen molar-refractivity contribution in [1.29, 1.82) is 0 Å². The molecule has 0 N–H and O–H groups in total. The second kappa shape index (κ2) is 5.81. The molecule has 1 atom stereocenters. The van der Waals surface area contributed by atoms with Crippen LogP contribution >= 0.6 is 11.8 Å². The third kappa shape index (κ3) is 2.66. The predicted molar refractivity (Wildman–Crippen MR) is 87.8 cm³/mol. The number of furan rings is 1. The van der Waals surface area contributed by atoms with E-state index in [0.717, 1.165) is 12.2 Å². The molecular formula is C17H17FN2O3S. The van der Waals surface area contributed by atoms with Crippen LogP contribution in [-0.2, 0) is 0 Å². The molecule has 126 valence electrons. The quantitative estimate of drug-likeness (QED) is 0.854. The van der Waals surface area contributed by atoms with Crippen molar-refractivity contribution < 1.29 is 18.3 Å². The minimum atomic E-state index is -0.440. The van der Waals surface area contributed by atoms with Gasteiger partial charge in [-0.1, -0.05) is 0 Å². The maximum absolute atomic E-state index is 13.6. The van der Waals surface area contributed by atoms with Crippen LogP contribution < -0.4 is 4.74 Å². The topological polar surface area (TPSA) is 55.6 Å².